The van der Waals surface area contributed by atoms with Crippen LogP contribution in [0.15, 0.2) is 36.5 Å². The van der Waals surface area contributed by atoms with Gasteiger partial charge in [0, 0.05) is 5.02 Å². The van der Waals surface area contributed by atoms with Crippen LogP contribution >= 0.6 is 11.6 Å². The average molecular weight is 495 g/mol. The molecule has 0 saturated heterocycles. The van der Waals surface area contributed by atoms with Gasteiger partial charge in [0.1, 0.15) is 12.0 Å². The number of alkyl halides is 6. The summed E-state index contributed by atoms with van der Waals surface area (Å²) in [7, 11) is 0. The number of hydrogen-bond acceptors (Lipinski definition) is 4. The molecular weight excluding hydrogens is 478 g/mol. The van der Waals surface area contributed by atoms with E-state index in [4.69, 9.17) is 11.6 Å². The molecule has 1 aliphatic carbocycles. The van der Waals surface area contributed by atoms with E-state index in [1.165, 1.54) is 30.5 Å². The number of amides is 2. The third-order valence-electron chi connectivity index (χ3n) is 4.75. The van der Waals surface area contributed by atoms with Crippen LogP contribution in [0, 0.1) is 0 Å². The maximum atomic E-state index is 13.2. The van der Waals surface area contributed by atoms with Crippen LogP contribution in [-0.2, 0) is 22.3 Å². The fourth-order valence-electron chi connectivity index (χ4n) is 2.99. The third kappa shape index (κ3) is 6.73. The minimum Gasteiger partial charge on any atom is -0.354 e. The second-order valence-corrected chi connectivity index (χ2v) is 7.89. The molecule has 1 heterocycles. The quantitative estimate of drug-likeness (QED) is 0.487. The molecule has 13 heteroatoms. The van der Waals surface area contributed by atoms with Crippen LogP contribution in [-0.4, -0.2) is 28.5 Å². The predicted octanol–water partition coefficient (Wildman–Crippen LogP) is 4.71. The zero-order valence-electron chi connectivity index (χ0n) is 16.7. The molecule has 2 amide bonds. The van der Waals surface area contributed by atoms with Crippen molar-refractivity contribution in [2.45, 2.75) is 43.7 Å². The van der Waals surface area contributed by atoms with Crippen molar-refractivity contribution < 1.29 is 35.9 Å². The average Bonchev–Trinajstić information content (AvgIpc) is 3.46. The van der Waals surface area contributed by atoms with Gasteiger partial charge in [-0.25, -0.2) is 0 Å². The molecular formula is C20H17ClF6N4O2. The Morgan fingerprint density at radius 1 is 1.06 bits per heavy atom. The molecule has 1 saturated carbocycles. The normalized spacial score (nSPS) is 15.0. The molecule has 178 valence electrons. The molecule has 0 unspecified atom stereocenters. The number of pyridine rings is 1. The van der Waals surface area contributed by atoms with Crippen molar-refractivity contribution in [2.24, 2.45) is 0 Å². The first-order valence-corrected chi connectivity index (χ1v) is 9.90. The Morgan fingerprint density at radius 3 is 2.30 bits per heavy atom. The van der Waals surface area contributed by atoms with E-state index in [0.717, 1.165) is 6.07 Å². The summed E-state index contributed by atoms with van der Waals surface area (Å²) in [6.45, 7) is -0.0925. The molecule has 0 spiro atoms. The maximum Gasteiger partial charge on any atom is 0.418 e. The highest BCUT2D eigenvalue weighted by molar-refractivity contribution is 6.30. The van der Waals surface area contributed by atoms with Crippen molar-refractivity contribution in [1.29, 1.82) is 0 Å². The van der Waals surface area contributed by atoms with Crippen molar-refractivity contribution in [1.82, 2.24) is 15.6 Å². The topological polar surface area (TPSA) is 83.1 Å². The lowest BCUT2D eigenvalue weighted by atomic mass is 10.1. The SMILES string of the molecule is O=C(CC(F)(F)F)NC1(C(=O)NCc2ccc(Nc3ccc(Cl)cc3C(F)(F)F)cn2)CC1. The van der Waals surface area contributed by atoms with E-state index in [-0.39, 0.29) is 35.8 Å². The minimum atomic E-state index is -4.68. The Bertz CT molecular complexity index is 1040. The summed E-state index contributed by atoms with van der Waals surface area (Å²) < 4.78 is 76.5. The predicted molar refractivity (Wildman–Crippen MR) is 107 cm³/mol. The number of halogens is 7. The molecule has 1 aliphatic rings. The number of rotatable bonds is 7. The molecule has 0 radical (unpaired) electrons. The Labute approximate surface area is 188 Å². The monoisotopic (exact) mass is 494 g/mol. The van der Waals surface area contributed by atoms with Gasteiger partial charge in [-0.1, -0.05) is 11.6 Å². The lowest BCUT2D eigenvalue weighted by molar-refractivity contribution is -0.155. The largest absolute Gasteiger partial charge is 0.418 e. The van der Waals surface area contributed by atoms with Gasteiger partial charge in [-0.2, -0.15) is 26.3 Å². The molecule has 1 fully saturated rings. The van der Waals surface area contributed by atoms with Crippen molar-refractivity contribution in [3.05, 3.63) is 52.8 Å². The highest BCUT2D eigenvalue weighted by Crippen LogP contribution is 2.38. The van der Waals surface area contributed by atoms with Crippen molar-refractivity contribution >= 4 is 34.8 Å². The first-order chi connectivity index (χ1) is 15.3. The molecule has 0 atom stereocenters. The van der Waals surface area contributed by atoms with Gasteiger partial charge in [0.05, 0.1) is 35.4 Å². The number of nitrogens with one attached hydrogen (secondary N) is 3. The van der Waals surface area contributed by atoms with E-state index in [1.54, 1.807) is 0 Å². The van der Waals surface area contributed by atoms with Gasteiger partial charge < -0.3 is 16.0 Å². The van der Waals surface area contributed by atoms with Crippen molar-refractivity contribution in [2.75, 3.05) is 5.32 Å². The second kappa shape index (κ2) is 9.08. The van der Waals surface area contributed by atoms with Gasteiger partial charge >= 0.3 is 12.4 Å². The lowest BCUT2D eigenvalue weighted by Crippen LogP contribution is -2.49. The van der Waals surface area contributed by atoms with Crippen LogP contribution in [0.3, 0.4) is 0 Å². The van der Waals surface area contributed by atoms with Gasteiger partial charge in [-0.15, -0.1) is 0 Å². The summed E-state index contributed by atoms with van der Waals surface area (Å²) in [5.41, 5.74) is -1.95. The van der Waals surface area contributed by atoms with Crippen LogP contribution in [0.2, 0.25) is 5.02 Å². The number of carbonyl (C=O) groups is 2. The second-order valence-electron chi connectivity index (χ2n) is 7.46. The zero-order valence-corrected chi connectivity index (χ0v) is 17.5. The fourth-order valence-corrected chi connectivity index (χ4v) is 3.16. The third-order valence-corrected chi connectivity index (χ3v) is 4.98. The van der Waals surface area contributed by atoms with E-state index >= 15 is 0 Å². The summed E-state index contributed by atoms with van der Waals surface area (Å²) >= 11 is 5.65. The standard InChI is InChI=1S/C20H17ClF6N4O2/c21-11-1-4-15(14(7-11)20(25,26)27)30-13-3-2-12(28-10-13)9-29-17(33)18(5-6-18)31-16(32)8-19(22,23)24/h1-4,7,10,30H,5-6,8-9H2,(H,29,33)(H,31,32). The Kier molecular flexibility index (Phi) is 6.78. The first-order valence-electron chi connectivity index (χ1n) is 9.52. The number of anilines is 2. The Morgan fingerprint density at radius 2 is 1.76 bits per heavy atom. The molecule has 1 aromatic carbocycles. The molecule has 1 aromatic heterocycles. The fraction of sp³-hybridized carbons (Fsp3) is 0.350. The van der Waals surface area contributed by atoms with Gasteiger partial charge in [0.15, 0.2) is 0 Å². The van der Waals surface area contributed by atoms with E-state index in [0.29, 0.717) is 5.69 Å². The number of nitrogens with zero attached hydrogens (tertiary/aromatic N) is 1. The molecule has 3 N–H and O–H groups in total. The van der Waals surface area contributed by atoms with Crippen molar-refractivity contribution in [3.63, 3.8) is 0 Å². The Balaban J connectivity index is 1.58. The summed E-state index contributed by atoms with van der Waals surface area (Å²) in [4.78, 5) is 27.8. The van der Waals surface area contributed by atoms with E-state index in [2.05, 4.69) is 20.9 Å². The smallest absolute Gasteiger partial charge is 0.354 e. The first kappa shape index (κ1) is 24.6. The Hall–Kier alpha value is -3.02. The maximum absolute atomic E-state index is 13.2. The zero-order chi connectivity index (χ0) is 24.4. The number of hydrogen-bond donors (Lipinski definition) is 3. The van der Waals surface area contributed by atoms with E-state index in [9.17, 15) is 35.9 Å². The van der Waals surface area contributed by atoms with Crippen LogP contribution in [0.25, 0.3) is 0 Å². The molecule has 33 heavy (non-hydrogen) atoms. The van der Waals surface area contributed by atoms with Gasteiger partial charge in [-0.05, 0) is 43.2 Å². The highest BCUT2D eigenvalue weighted by Gasteiger charge is 2.51. The summed E-state index contributed by atoms with van der Waals surface area (Å²) in [6, 6.07) is 6.18. The highest BCUT2D eigenvalue weighted by atomic mass is 35.5. The molecule has 6 nitrogen and oxygen atoms in total. The number of carbonyl (C=O) groups excluding carboxylic acids is 2. The van der Waals surface area contributed by atoms with Gasteiger partial charge in [-0.3, -0.25) is 14.6 Å². The molecule has 0 aliphatic heterocycles. The van der Waals surface area contributed by atoms with E-state index in [1.807, 2.05) is 0 Å². The van der Waals surface area contributed by atoms with Gasteiger partial charge in [0.2, 0.25) is 11.8 Å². The molecule has 0 bridgehead atoms. The summed E-state index contributed by atoms with van der Waals surface area (Å²) in [6.07, 6.45) is -9.30. The molecule has 2 aromatic rings. The lowest BCUT2D eigenvalue weighted by Gasteiger charge is -2.18. The van der Waals surface area contributed by atoms with Crippen LogP contribution in [0.5, 0.6) is 0 Å². The van der Waals surface area contributed by atoms with E-state index < -0.39 is 41.7 Å². The van der Waals surface area contributed by atoms with Crippen LogP contribution < -0.4 is 16.0 Å². The summed E-state index contributed by atoms with van der Waals surface area (Å²) in [5, 5.41) is 7.14. The number of aromatic nitrogens is 1. The van der Waals surface area contributed by atoms with Crippen molar-refractivity contribution in [3.8, 4) is 0 Å². The molecule has 3 rings (SSSR count). The number of benzene rings is 1. The minimum absolute atomic E-state index is 0.0693. The van der Waals surface area contributed by atoms with Crippen LogP contribution in [0.1, 0.15) is 30.5 Å². The summed E-state index contributed by atoms with van der Waals surface area (Å²) in [5.74, 6) is -1.93. The van der Waals surface area contributed by atoms with Gasteiger partial charge in [0.25, 0.3) is 0 Å². The van der Waals surface area contributed by atoms with Crippen LogP contribution in [0.4, 0.5) is 37.7 Å².